The summed E-state index contributed by atoms with van der Waals surface area (Å²) in [6.45, 7) is 4.97. The van der Waals surface area contributed by atoms with Crippen molar-refractivity contribution in [2.24, 2.45) is 0 Å². The van der Waals surface area contributed by atoms with Gasteiger partial charge in [0.15, 0.2) is 0 Å². The molecule has 146 valence electrons. The molecule has 2 heterocycles. The van der Waals surface area contributed by atoms with Crippen LogP contribution in [0.15, 0.2) is 17.2 Å². The van der Waals surface area contributed by atoms with Gasteiger partial charge < -0.3 is 24.2 Å². The molecule has 0 unspecified atom stereocenters. The second-order valence-corrected chi connectivity index (χ2v) is 7.40. The van der Waals surface area contributed by atoms with Gasteiger partial charge in [-0.2, -0.15) is 4.31 Å². The summed E-state index contributed by atoms with van der Waals surface area (Å²) in [5, 5.41) is 8.98. The third-order valence-electron chi connectivity index (χ3n) is 3.95. The summed E-state index contributed by atoms with van der Waals surface area (Å²) in [6.07, 6.45) is -0.409. The predicted molar refractivity (Wildman–Crippen MR) is 91.1 cm³/mol. The van der Waals surface area contributed by atoms with Crippen LogP contribution in [-0.4, -0.2) is 86.9 Å². The Balaban J connectivity index is 2.33. The Kier molecular flexibility index (Phi) is 7.14. The largest absolute Gasteiger partial charge is 0.511 e. The molecule has 26 heavy (non-hydrogen) atoms. The number of nitrogens with zero attached hydrogens (tertiary/aromatic N) is 3. The standard InChI is InChI=1S/C15H23N3O7S/c1-3-17-6-8-18(9-7-17)26(21,22)12-4-5-16-14(24-11-10-23-2)13(12)25-15(19)20/h4-5H,3,6-11H2,1-2H3,(H,19,20). The minimum Gasteiger partial charge on any atom is -0.473 e. The van der Waals surface area contributed by atoms with Crippen molar-refractivity contribution in [3.8, 4) is 11.6 Å². The van der Waals surface area contributed by atoms with E-state index in [9.17, 15) is 13.2 Å². The van der Waals surface area contributed by atoms with E-state index in [4.69, 9.17) is 19.3 Å². The van der Waals surface area contributed by atoms with E-state index in [-0.39, 0.29) is 24.0 Å². The Bertz CT molecular complexity index is 718. The fraction of sp³-hybridized carbons (Fsp3) is 0.600. The molecule has 1 aliphatic rings. The number of hydrogen-bond donors (Lipinski definition) is 1. The Labute approximate surface area is 152 Å². The second kappa shape index (κ2) is 9.12. The molecule has 0 saturated carbocycles. The summed E-state index contributed by atoms with van der Waals surface area (Å²) < 4.78 is 42.2. The quantitative estimate of drug-likeness (QED) is 0.500. The van der Waals surface area contributed by atoms with Gasteiger partial charge in [-0.1, -0.05) is 6.92 Å². The average Bonchev–Trinajstić information content (AvgIpc) is 2.62. The Morgan fingerprint density at radius 1 is 1.27 bits per heavy atom. The minimum absolute atomic E-state index is 0.0676. The molecule has 10 nitrogen and oxygen atoms in total. The molecule has 1 fully saturated rings. The van der Waals surface area contributed by atoms with E-state index in [0.717, 1.165) is 6.54 Å². The molecular formula is C15H23N3O7S. The van der Waals surface area contributed by atoms with Crippen LogP contribution in [0.3, 0.4) is 0 Å². The number of methoxy groups -OCH3 is 1. The van der Waals surface area contributed by atoms with Crippen molar-refractivity contribution in [2.75, 3.05) is 53.0 Å². The lowest BCUT2D eigenvalue weighted by Crippen LogP contribution is -2.48. The molecule has 0 atom stereocenters. The lowest BCUT2D eigenvalue weighted by Gasteiger charge is -2.33. The first kappa shape index (κ1) is 20.4. The van der Waals surface area contributed by atoms with Crippen molar-refractivity contribution in [3.63, 3.8) is 0 Å². The molecule has 0 radical (unpaired) electrons. The molecule has 0 aromatic carbocycles. The van der Waals surface area contributed by atoms with Gasteiger partial charge in [-0.15, -0.1) is 0 Å². The fourth-order valence-electron chi connectivity index (χ4n) is 2.55. The van der Waals surface area contributed by atoms with Crippen molar-refractivity contribution < 1.29 is 32.5 Å². The third kappa shape index (κ3) is 4.81. The number of aromatic nitrogens is 1. The van der Waals surface area contributed by atoms with Gasteiger partial charge in [0, 0.05) is 39.5 Å². The van der Waals surface area contributed by atoms with Gasteiger partial charge in [0.05, 0.1) is 6.61 Å². The normalized spacial score (nSPS) is 16.4. The van der Waals surface area contributed by atoms with Crippen LogP contribution in [-0.2, 0) is 14.8 Å². The molecule has 11 heteroatoms. The summed E-state index contributed by atoms with van der Waals surface area (Å²) >= 11 is 0. The van der Waals surface area contributed by atoms with Crippen LogP contribution in [0.25, 0.3) is 0 Å². The van der Waals surface area contributed by atoms with Crippen molar-refractivity contribution in [1.29, 1.82) is 0 Å². The summed E-state index contributed by atoms with van der Waals surface area (Å²) in [7, 11) is -2.48. The van der Waals surface area contributed by atoms with Crippen LogP contribution in [0, 0.1) is 0 Å². The zero-order chi connectivity index (χ0) is 19.2. The van der Waals surface area contributed by atoms with Gasteiger partial charge in [-0.3, -0.25) is 0 Å². The van der Waals surface area contributed by atoms with E-state index in [1.54, 1.807) is 0 Å². The first-order valence-electron chi connectivity index (χ1n) is 8.14. The molecule has 0 spiro atoms. The van der Waals surface area contributed by atoms with Crippen LogP contribution in [0.4, 0.5) is 4.79 Å². The maximum absolute atomic E-state index is 13.0. The maximum Gasteiger partial charge on any atom is 0.511 e. The fourth-order valence-corrected chi connectivity index (χ4v) is 4.06. The van der Waals surface area contributed by atoms with Gasteiger partial charge >= 0.3 is 6.16 Å². The smallest absolute Gasteiger partial charge is 0.473 e. The Hall–Kier alpha value is -1.95. The van der Waals surface area contributed by atoms with E-state index in [0.29, 0.717) is 26.2 Å². The number of ether oxygens (including phenoxy) is 3. The predicted octanol–water partition coefficient (Wildman–Crippen LogP) is 0.490. The van der Waals surface area contributed by atoms with Crippen molar-refractivity contribution >= 4 is 16.2 Å². The first-order valence-corrected chi connectivity index (χ1v) is 9.58. The van der Waals surface area contributed by atoms with Crippen molar-refractivity contribution in [2.45, 2.75) is 11.8 Å². The number of rotatable bonds is 8. The van der Waals surface area contributed by atoms with Crippen LogP contribution in [0.2, 0.25) is 0 Å². The highest BCUT2D eigenvalue weighted by atomic mass is 32.2. The van der Waals surface area contributed by atoms with Crippen molar-refractivity contribution in [3.05, 3.63) is 12.3 Å². The highest BCUT2D eigenvalue weighted by Gasteiger charge is 2.33. The van der Waals surface area contributed by atoms with Crippen LogP contribution in [0.1, 0.15) is 6.92 Å². The third-order valence-corrected chi connectivity index (χ3v) is 5.87. The van der Waals surface area contributed by atoms with E-state index >= 15 is 0 Å². The number of piperazine rings is 1. The van der Waals surface area contributed by atoms with Gasteiger partial charge in [-0.25, -0.2) is 18.2 Å². The Morgan fingerprint density at radius 2 is 1.96 bits per heavy atom. The average molecular weight is 389 g/mol. The van der Waals surface area contributed by atoms with Crippen LogP contribution < -0.4 is 9.47 Å². The highest BCUT2D eigenvalue weighted by molar-refractivity contribution is 7.89. The molecule has 1 aromatic heterocycles. The monoisotopic (exact) mass is 389 g/mol. The molecule has 0 bridgehead atoms. The van der Waals surface area contributed by atoms with Gasteiger partial charge in [0.25, 0.3) is 5.88 Å². The molecule has 0 amide bonds. The zero-order valence-corrected chi connectivity index (χ0v) is 15.6. The van der Waals surface area contributed by atoms with Crippen LogP contribution >= 0.6 is 0 Å². The summed E-state index contributed by atoms with van der Waals surface area (Å²) in [5.41, 5.74) is 0. The van der Waals surface area contributed by atoms with Gasteiger partial charge in [0.2, 0.25) is 15.8 Å². The SMILES string of the molecule is CCN1CCN(S(=O)(=O)c2ccnc(OCCOC)c2OC(=O)O)CC1. The topological polar surface area (TPSA) is 119 Å². The number of likely N-dealkylation sites (N-methyl/N-ethyl adjacent to an activating group) is 1. The molecular weight excluding hydrogens is 366 g/mol. The number of pyridine rings is 1. The van der Waals surface area contributed by atoms with Crippen molar-refractivity contribution in [1.82, 2.24) is 14.2 Å². The zero-order valence-electron chi connectivity index (χ0n) is 14.8. The minimum atomic E-state index is -3.96. The van der Waals surface area contributed by atoms with Crippen LogP contribution in [0.5, 0.6) is 11.6 Å². The van der Waals surface area contributed by atoms with E-state index < -0.39 is 21.9 Å². The molecule has 1 N–H and O–H groups in total. The number of hydrogen-bond acceptors (Lipinski definition) is 8. The summed E-state index contributed by atoms with van der Waals surface area (Å²) in [4.78, 5) is 16.8. The molecule has 1 aromatic rings. The number of sulfonamides is 1. The first-order chi connectivity index (χ1) is 12.4. The van der Waals surface area contributed by atoms with E-state index in [2.05, 4.69) is 9.88 Å². The molecule has 2 rings (SSSR count). The van der Waals surface area contributed by atoms with Gasteiger partial charge in [0.1, 0.15) is 11.5 Å². The Morgan fingerprint density at radius 3 is 2.54 bits per heavy atom. The van der Waals surface area contributed by atoms with E-state index in [1.807, 2.05) is 6.92 Å². The van der Waals surface area contributed by atoms with E-state index in [1.165, 1.54) is 23.7 Å². The van der Waals surface area contributed by atoms with Gasteiger partial charge in [-0.05, 0) is 12.6 Å². The number of carboxylic acid groups (broad SMARTS) is 1. The molecule has 0 aliphatic carbocycles. The number of carbonyl (C=O) groups is 1. The maximum atomic E-state index is 13.0. The lowest BCUT2D eigenvalue weighted by atomic mass is 10.4. The molecule has 1 aliphatic heterocycles. The molecule has 1 saturated heterocycles. The lowest BCUT2D eigenvalue weighted by molar-refractivity contribution is 0.129. The summed E-state index contributed by atoms with van der Waals surface area (Å²) in [6, 6.07) is 1.21. The second-order valence-electron chi connectivity index (χ2n) is 5.49. The highest BCUT2D eigenvalue weighted by Crippen LogP contribution is 2.34. The summed E-state index contributed by atoms with van der Waals surface area (Å²) in [5.74, 6) is -0.647.